The minimum Gasteiger partial charge on any atom is -0.493 e. The van der Waals surface area contributed by atoms with Crippen molar-refractivity contribution in [3.05, 3.63) is 28.7 Å². The summed E-state index contributed by atoms with van der Waals surface area (Å²) in [5.41, 5.74) is 0.890. The molecule has 25 heavy (non-hydrogen) atoms. The Labute approximate surface area is 152 Å². The highest BCUT2D eigenvalue weighted by molar-refractivity contribution is 8.18. The molecular weight excluding hydrogens is 338 g/mol. The van der Waals surface area contributed by atoms with Gasteiger partial charge in [0.1, 0.15) is 0 Å². The molecule has 0 saturated carbocycles. The van der Waals surface area contributed by atoms with Crippen LogP contribution in [-0.4, -0.2) is 67.8 Å². The lowest BCUT2D eigenvalue weighted by Gasteiger charge is -2.34. The third-order valence-electron chi connectivity index (χ3n) is 4.40. The van der Waals surface area contributed by atoms with Gasteiger partial charge in [-0.05, 0) is 42.1 Å². The van der Waals surface area contributed by atoms with E-state index in [4.69, 9.17) is 9.47 Å². The van der Waals surface area contributed by atoms with E-state index in [0.717, 1.165) is 43.5 Å². The summed E-state index contributed by atoms with van der Waals surface area (Å²) >= 11 is 1.45. The zero-order valence-electron chi connectivity index (χ0n) is 14.8. The molecule has 2 heterocycles. The second-order valence-corrected chi connectivity index (χ2v) is 6.86. The summed E-state index contributed by atoms with van der Waals surface area (Å²) in [4.78, 5) is 21.7. The lowest BCUT2D eigenvalue weighted by atomic mass is 10.2. The van der Waals surface area contributed by atoms with E-state index in [-0.39, 0.29) is 5.91 Å². The molecule has 1 aromatic rings. The van der Waals surface area contributed by atoms with Crippen molar-refractivity contribution in [2.24, 2.45) is 4.99 Å². The number of hydrogen-bond acceptors (Lipinski definition) is 6. The summed E-state index contributed by atoms with van der Waals surface area (Å²) in [6.07, 6.45) is 1.85. The van der Waals surface area contributed by atoms with E-state index in [1.165, 1.54) is 11.8 Å². The summed E-state index contributed by atoms with van der Waals surface area (Å²) in [5, 5.41) is 0.812. The fourth-order valence-corrected chi connectivity index (χ4v) is 3.85. The highest BCUT2D eigenvalue weighted by Gasteiger charge is 2.28. The maximum Gasteiger partial charge on any atom is 0.286 e. The number of ether oxygens (including phenoxy) is 2. The van der Waals surface area contributed by atoms with Gasteiger partial charge in [0.05, 0.1) is 19.1 Å². The minimum absolute atomic E-state index is 0.173. The first-order valence-corrected chi connectivity index (χ1v) is 9.18. The standard InChI is InChI=1S/C18H23N3O3S/c1-4-20-7-9-21(10-8-20)18-19-17(22)16(25-18)12-13-5-6-14(23-2)15(11-13)24-3/h5-6,11-12H,4,7-10H2,1-3H3/b16-12+. The van der Waals surface area contributed by atoms with Crippen molar-refractivity contribution in [3.63, 3.8) is 0 Å². The molecule has 0 bridgehead atoms. The molecule has 7 heteroatoms. The first-order chi connectivity index (χ1) is 12.1. The number of piperazine rings is 1. The Hall–Kier alpha value is -1.99. The monoisotopic (exact) mass is 361 g/mol. The molecule has 2 aliphatic heterocycles. The van der Waals surface area contributed by atoms with Gasteiger partial charge in [0.25, 0.3) is 5.91 Å². The topological polar surface area (TPSA) is 54.4 Å². The Balaban J connectivity index is 1.71. The smallest absolute Gasteiger partial charge is 0.286 e. The first kappa shape index (κ1) is 17.8. The van der Waals surface area contributed by atoms with Crippen molar-refractivity contribution in [1.29, 1.82) is 0 Å². The summed E-state index contributed by atoms with van der Waals surface area (Å²) in [6.45, 7) is 7.09. The number of amidine groups is 1. The van der Waals surface area contributed by atoms with Gasteiger partial charge >= 0.3 is 0 Å². The Morgan fingerprint density at radius 2 is 1.88 bits per heavy atom. The van der Waals surface area contributed by atoms with Crippen LogP contribution in [0.25, 0.3) is 6.08 Å². The van der Waals surface area contributed by atoms with Crippen molar-refractivity contribution in [2.75, 3.05) is 46.9 Å². The van der Waals surface area contributed by atoms with Crippen LogP contribution in [0.3, 0.4) is 0 Å². The highest BCUT2D eigenvalue weighted by atomic mass is 32.2. The van der Waals surface area contributed by atoms with Gasteiger partial charge in [-0.1, -0.05) is 13.0 Å². The normalized spacial score (nSPS) is 20.1. The molecule has 0 aliphatic carbocycles. The van der Waals surface area contributed by atoms with Crippen LogP contribution in [-0.2, 0) is 4.79 Å². The number of methoxy groups -OCH3 is 2. The van der Waals surface area contributed by atoms with Crippen LogP contribution in [0, 0.1) is 0 Å². The molecule has 0 aromatic heterocycles. The van der Waals surface area contributed by atoms with Gasteiger partial charge in [-0.2, -0.15) is 4.99 Å². The van der Waals surface area contributed by atoms with E-state index < -0.39 is 0 Å². The zero-order valence-corrected chi connectivity index (χ0v) is 15.6. The molecule has 0 N–H and O–H groups in total. The van der Waals surface area contributed by atoms with Gasteiger partial charge < -0.3 is 19.3 Å². The summed E-state index contributed by atoms with van der Waals surface area (Å²) < 4.78 is 10.6. The van der Waals surface area contributed by atoms with Crippen LogP contribution in [0.4, 0.5) is 0 Å². The molecule has 0 spiro atoms. The van der Waals surface area contributed by atoms with E-state index in [9.17, 15) is 4.79 Å². The van der Waals surface area contributed by atoms with Crippen molar-refractivity contribution in [1.82, 2.24) is 9.80 Å². The number of nitrogens with zero attached hydrogens (tertiary/aromatic N) is 3. The second-order valence-electron chi connectivity index (χ2n) is 5.85. The molecule has 6 nitrogen and oxygen atoms in total. The van der Waals surface area contributed by atoms with Crippen LogP contribution in [0.5, 0.6) is 11.5 Å². The number of rotatable bonds is 4. The zero-order chi connectivity index (χ0) is 17.8. The molecule has 1 aromatic carbocycles. The van der Waals surface area contributed by atoms with E-state index >= 15 is 0 Å². The van der Waals surface area contributed by atoms with Crippen LogP contribution in [0.1, 0.15) is 12.5 Å². The van der Waals surface area contributed by atoms with Crippen LogP contribution in [0.15, 0.2) is 28.1 Å². The van der Waals surface area contributed by atoms with Gasteiger partial charge in [0, 0.05) is 26.2 Å². The predicted molar refractivity (Wildman–Crippen MR) is 101 cm³/mol. The van der Waals surface area contributed by atoms with Gasteiger partial charge in [-0.3, -0.25) is 4.79 Å². The van der Waals surface area contributed by atoms with Gasteiger partial charge in [0.2, 0.25) is 0 Å². The maximum absolute atomic E-state index is 12.3. The molecule has 134 valence electrons. The largest absolute Gasteiger partial charge is 0.493 e. The van der Waals surface area contributed by atoms with E-state index in [1.54, 1.807) is 14.2 Å². The lowest BCUT2D eigenvalue weighted by Crippen LogP contribution is -2.47. The molecule has 1 saturated heterocycles. The highest BCUT2D eigenvalue weighted by Crippen LogP contribution is 2.33. The van der Waals surface area contributed by atoms with Crippen LogP contribution < -0.4 is 9.47 Å². The SMILES string of the molecule is CCN1CCN(C2=NC(=O)/C(=C\c3ccc(OC)c(OC)c3)S2)CC1. The summed E-state index contributed by atoms with van der Waals surface area (Å²) in [7, 11) is 3.20. The number of carbonyl (C=O) groups is 1. The third-order valence-corrected chi connectivity index (χ3v) is 5.45. The van der Waals surface area contributed by atoms with Gasteiger partial charge in [-0.15, -0.1) is 0 Å². The second kappa shape index (κ2) is 7.93. The number of thioether (sulfide) groups is 1. The summed E-state index contributed by atoms with van der Waals surface area (Å²) in [6, 6.07) is 5.60. The molecule has 0 unspecified atom stereocenters. The van der Waals surface area contributed by atoms with Crippen molar-refractivity contribution >= 4 is 28.9 Å². The number of amides is 1. The molecule has 0 atom stereocenters. The Morgan fingerprint density at radius 3 is 2.52 bits per heavy atom. The number of hydrogen-bond donors (Lipinski definition) is 0. The number of aliphatic imine (C=N–C) groups is 1. The number of likely N-dealkylation sites (N-methyl/N-ethyl adjacent to an activating group) is 1. The Morgan fingerprint density at radius 1 is 1.16 bits per heavy atom. The minimum atomic E-state index is -0.173. The average Bonchev–Trinajstić information content (AvgIpc) is 3.02. The van der Waals surface area contributed by atoms with Crippen molar-refractivity contribution < 1.29 is 14.3 Å². The summed E-state index contributed by atoms with van der Waals surface area (Å²) in [5.74, 6) is 1.14. The van der Waals surface area contributed by atoms with E-state index in [1.807, 2.05) is 24.3 Å². The lowest BCUT2D eigenvalue weighted by molar-refractivity contribution is -0.113. The molecule has 0 radical (unpaired) electrons. The van der Waals surface area contributed by atoms with E-state index in [2.05, 4.69) is 21.7 Å². The average molecular weight is 361 g/mol. The van der Waals surface area contributed by atoms with Crippen LogP contribution in [0.2, 0.25) is 0 Å². The third kappa shape index (κ3) is 3.99. The molecule has 1 fully saturated rings. The molecule has 3 rings (SSSR count). The Bertz CT molecular complexity index is 710. The first-order valence-electron chi connectivity index (χ1n) is 8.36. The van der Waals surface area contributed by atoms with Gasteiger partial charge in [-0.25, -0.2) is 0 Å². The fourth-order valence-electron chi connectivity index (χ4n) is 2.88. The maximum atomic E-state index is 12.3. The van der Waals surface area contributed by atoms with E-state index in [0.29, 0.717) is 16.4 Å². The molecule has 1 amide bonds. The molecular formula is C18H23N3O3S. The van der Waals surface area contributed by atoms with Gasteiger partial charge in [0.15, 0.2) is 16.7 Å². The number of carbonyl (C=O) groups excluding carboxylic acids is 1. The quantitative estimate of drug-likeness (QED) is 0.767. The molecule has 2 aliphatic rings. The Kier molecular flexibility index (Phi) is 5.65. The predicted octanol–water partition coefficient (Wildman–Crippen LogP) is 2.31. The number of benzene rings is 1. The van der Waals surface area contributed by atoms with Crippen LogP contribution >= 0.6 is 11.8 Å². The fraction of sp³-hybridized carbons (Fsp3) is 0.444. The van der Waals surface area contributed by atoms with Crippen molar-refractivity contribution in [2.45, 2.75) is 6.92 Å². The van der Waals surface area contributed by atoms with Crippen molar-refractivity contribution in [3.8, 4) is 11.5 Å².